The van der Waals surface area contributed by atoms with Gasteiger partial charge >= 0.3 is 5.97 Å². The summed E-state index contributed by atoms with van der Waals surface area (Å²) < 4.78 is 15.7. The van der Waals surface area contributed by atoms with E-state index in [1.54, 1.807) is 24.5 Å². The maximum absolute atomic E-state index is 12.0. The number of aromatic nitrogens is 1. The van der Waals surface area contributed by atoms with Crippen LogP contribution in [0.5, 0.6) is 0 Å². The summed E-state index contributed by atoms with van der Waals surface area (Å²) in [5.74, 6) is 0.846. The molecule has 4 rings (SSSR count). The number of aryl methyl sites for hydroxylation is 2. The molecule has 5 nitrogen and oxygen atoms in total. The number of rotatable bonds is 5. The molecule has 1 aliphatic rings. The van der Waals surface area contributed by atoms with Gasteiger partial charge < -0.3 is 13.7 Å². The van der Waals surface area contributed by atoms with Crippen LogP contribution in [0.4, 0.5) is 0 Å². The largest absolute Gasteiger partial charge is 0.461 e. The highest BCUT2D eigenvalue weighted by Gasteiger charge is 2.14. The predicted molar refractivity (Wildman–Crippen MR) is 86.2 cm³/mol. The monoisotopic (exact) mass is 323 g/mol. The van der Waals surface area contributed by atoms with Crippen LogP contribution in [-0.4, -0.2) is 11.1 Å². The lowest BCUT2D eigenvalue weighted by atomic mass is 10.0. The molecule has 3 aromatic rings. The zero-order valence-corrected chi connectivity index (χ0v) is 13.2. The van der Waals surface area contributed by atoms with Gasteiger partial charge in [-0.25, -0.2) is 0 Å². The second-order valence-electron chi connectivity index (χ2n) is 5.95. The Bertz CT molecular complexity index is 848. The summed E-state index contributed by atoms with van der Waals surface area (Å²) in [6.45, 7) is 0.0913. The third kappa shape index (κ3) is 3.11. The van der Waals surface area contributed by atoms with Crippen LogP contribution in [0.15, 0.2) is 51.6 Å². The molecule has 0 spiro atoms. The Labute approximate surface area is 139 Å². The molecular formula is C19H17NO4. The van der Waals surface area contributed by atoms with Crippen molar-refractivity contribution in [2.24, 2.45) is 0 Å². The van der Waals surface area contributed by atoms with E-state index < -0.39 is 0 Å². The number of carbonyl (C=O) groups excluding carboxylic acids is 1. The fourth-order valence-corrected chi connectivity index (χ4v) is 3.02. The van der Waals surface area contributed by atoms with Crippen LogP contribution in [0.25, 0.3) is 11.5 Å². The second-order valence-corrected chi connectivity index (χ2v) is 5.95. The minimum Gasteiger partial charge on any atom is -0.461 e. The van der Waals surface area contributed by atoms with Crippen molar-refractivity contribution in [1.29, 1.82) is 0 Å². The molecule has 1 aliphatic carbocycles. The Morgan fingerprint density at radius 2 is 2.04 bits per heavy atom. The Morgan fingerprint density at radius 1 is 1.12 bits per heavy atom. The average molecular weight is 323 g/mol. The number of nitrogens with zero attached hydrogens (tertiary/aromatic N) is 1. The molecule has 2 heterocycles. The minimum atomic E-state index is -0.268. The number of esters is 1. The first-order valence-corrected chi connectivity index (χ1v) is 8.04. The van der Waals surface area contributed by atoms with Crippen LogP contribution in [0.2, 0.25) is 0 Å². The molecule has 0 saturated heterocycles. The maximum Gasteiger partial charge on any atom is 0.310 e. The molecule has 0 amide bonds. The number of benzene rings is 1. The van der Waals surface area contributed by atoms with E-state index >= 15 is 0 Å². The van der Waals surface area contributed by atoms with Gasteiger partial charge in [-0.3, -0.25) is 4.79 Å². The Balaban J connectivity index is 1.33. The van der Waals surface area contributed by atoms with Crippen LogP contribution in [-0.2, 0) is 35.4 Å². The van der Waals surface area contributed by atoms with Crippen molar-refractivity contribution < 1.29 is 18.5 Å². The lowest BCUT2D eigenvalue weighted by Gasteiger charge is -2.05. The fraction of sp³-hybridized carbons (Fsp3) is 0.263. The third-order valence-electron chi connectivity index (χ3n) is 4.22. The molecule has 0 atom stereocenters. The zero-order valence-electron chi connectivity index (χ0n) is 13.2. The smallest absolute Gasteiger partial charge is 0.310 e. The summed E-state index contributed by atoms with van der Waals surface area (Å²) in [5.41, 5.74) is 4.32. The molecular weight excluding hydrogens is 306 g/mol. The predicted octanol–water partition coefficient (Wildman–Crippen LogP) is 3.71. The molecule has 24 heavy (non-hydrogen) atoms. The van der Waals surface area contributed by atoms with Gasteiger partial charge in [0.15, 0.2) is 5.76 Å². The van der Waals surface area contributed by atoms with Gasteiger partial charge in [0.05, 0.1) is 12.7 Å². The summed E-state index contributed by atoms with van der Waals surface area (Å²) in [6, 6.07) is 11.5. The number of hydrogen-bond donors (Lipinski definition) is 0. The number of carbonyl (C=O) groups is 1. The normalized spacial score (nSPS) is 13.0. The van der Waals surface area contributed by atoms with Crippen molar-refractivity contribution in [3.63, 3.8) is 0 Å². The molecule has 5 heteroatoms. The van der Waals surface area contributed by atoms with E-state index in [0.29, 0.717) is 17.2 Å². The van der Waals surface area contributed by atoms with Crippen molar-refractivity contribution in [2.75, 3.05) is 0 Å². The lowest BCUT2D eigenvalue weighted by molar-refractivity contribution is -0.144. The summed E-state index contributed by atoms with van der Waals surface area (Å²) in [5, 5.41) is 3.89. The number of hydrogen-bond acceptors (Lipinski definition) is 5. The highest BCUT2D eigenvalue weighted by Crippen LogP contribution is 2.23. The van der Waals surface area contributed by atoms with Crippen molar-refractivity contribution >= 4 is 5.97 Å². The standard InChI is InChI=1S/C19H17NO4/c21-19(10-13-6-7-14-3-1-4-15(14)9-13)23-12-16-11-18(24-20-16)17-5-2-8-22-17/h2,5-9,11H,1,3-4,10,12H2. The zero-order chi connectivity index (χ0) is 16.4. The van der Waals surface area contributed by atoms with Crippen LogP contribution < -0.4 is 0 Å². The van der Waals surface area contributed by atoms with Crippen LogP contribution in [0.3, 0.4) is 0 Å². The molecule has 0 unspecified atom stereocenters. The third-order valence-corrected chi connectivity index (χ3v) is 4.22. The van der Waals surface area contributed by atoms with Crippen molar-refractivity contribution in [1.82, 2.24) is 5.16 Å². The van der Waals surface area contributed by atoms with Gasteiger partial charge in [0.25, 0.3) is 0 Å². The Kier molecular flexibility index (Phi) is 3.91. The summed E-state index contributed by atoms with van der Waals surface area (Å²) >= 11 is 0. The highest BCUT2D eigenvalue weighted by atomic mass is 16.5. The first-order valence-electron chi connectivity index (χ1n) is 8.04. The van der Waals surface area contributed by atoms with Crippen molar-refractivity contribution in [3.8, 4) is 11.5 Å². The SMILES string of the molecule is O=C(Cc1ccc2c(c1)CCC2)OCc1cc(-c2ccco2)on1. The molecule has 0 N–H and O–H groups in total. The van der Waals surface area contributed by atoms with E-state index in [2.05, 4.69) is 17.3 Å². The Morgan fingerprint density at radius 3 is 2.92 bits per heavy atom. The Hall–Kier alpha value is -2.82. The minimum absolute atomic E-state index is 0.0913. The molecule has 0 radical (unpaired) electrons. The second kappa shape index (κ2) is 6.35. The van der Waals surface area contributed by atoms with Gasteiger partial charge in [-0.05, 0) is 48.1 Å². The quantitative estimate of drug-likeness (QED) is 0.670. The van der Waals surface area contributed by atoms with Gasteiger partial charge in [-0.1, -0.05) is 23.4 Å². The van der Waals surface area contributed by atoms with E-state index in [0.717, 1.165) is 18.4 Å². The van der Waals surface area contributed by atoms with E-state index in [4.69, 9.17) is 13.7 Å². The van der Waals surface area contributed by atoms with Gasteiger partial charge in [-0.2, -0.15) is 0 Å². The van der Waals surface area contributed by atoms with Gasteiger partial charge in [-0.15, -0.1) is 0 Å². The molecule has 0 aliphatic heterocycles. The topological polar surface area (TPSA) is 65.5 Å². The molecule has 0 saturated carbocycles. The fourth-order valence-electron chi connectivity index (χ4n) is 3.02. The van der Waals surface area contributed by atoms with Crippen LogP contribution in [0, 0.1) is 0 Å². The molecule has 0 fully saturated rings. The summed E-state index contributed by atoms with van der Waals surface area (Å²) in [6.07, 6.45) is 5.29. The van der Waals surface area contributed by atoms with Crippen molar-refractivity contribution in [3.05, 3.63) is 65.0 Å². The van der Waals surface area contributed by atoms with Crippen LogP contribution in [0.1, 0.15) is 28.8 Å². The molecule has 1 aromatic carbocycles. The van der Waals surface area contributed by atoms with E-state index in [-0.39, 0.29) is 19.0 Å². The number of furan rings is 1. The summed E-state index contributed by atoms with van der Waals surface area (Å²) in [7, 11) is 0. The van der Waals surface area contributed by atoms with Gasteiger partial charge in [0.2, 0.25) is 5.76 Å². The average Bonchev–Trinajstić information content (AvgIpc) is 3.32. The van der Waals surface area contributed by atoms with Crippen molar-refractivity contribution in [2.45, 2.75) is 32.3 Å². The van der Waals surface area contributed by atoms with Gasteiger partial charge in [0, 0.05) is 6.07 Å². The molecule has 2 aromatic heterocycles. The van der Waals surface area contributed by atoms with E-state index in [1.807, 2.05) is 6.07 Å². The maximum atomic E-state index is 12.0. The lowest BCUT2D eigenvalue weighted by Crippen LogP contribution is -2.08. The summed E-state index contributed by atoms with van der Waals surface area (Å²) in [4.78, 5) is 12.0. The van der Waals surface area contributed by atoms with E-state index in [9.17, 15) is 4.79 Å². The number of fused-ring (bicyclic) bond motifs is 1. The number of ether oxygens (including phenoxy) is 1. The molecule has 122 valence electrons. The highest BCUT2D eigenvalue weighted by molar-refractivity contribution is 5.72. The first-order chi connectivity index (χ1) is 11.8. The van der Waals surface area contributed by atoms with E-state index in [1.165, 1.54) is 17.5 Å². The molecule has 0 bridgehead atoms. The van der Waals surface area contributed by atoms with Crippen LogP contribution >= 0.6 is 0 Å². The first kappa shape index (κ1) is 14.8. The van der Waals surface area contributed by atoms with Gasteiger partial charge in [0.1, 0.15) is 12.3 Å².